The summed E-state index contributed by atoms with van der Waals surface area (Å²) >= 11 is 2.59. The number of Topliss-reactive ketones (excluding diaryl/α,β-unsaturated/α-hetero) is 1. The van der Waals surface area contributed by atoms with Crippen LogP contribution in [-0.4, -0.2) is 67.0 Å². The Bertz CT molecular complexity index is 1910. The van der Waals surface area contributed by atoms with Crippen LogP contribution in [0.5, 0.6) is 0 Å². The van der Waals surface area contributed by atoms with Crippen molar-refractivity contribution in [3.63, 3.8) is 0 Å². The number of fused-ring (bicyclic) bond motifs is 2. The van der Waals surface area contributed by atoms with Gasteiger partial charge in [0.2, 0.25) is 5.91 Å². The van der Waals surface area contributed by atoms with Crippen molar-refractivity contribution in [3.05, 3.63) is 88.5 Å². The molecule has 3 aromatic heterocycles. The normalized spacial score (nSPS) is 18.1. The number of hydrogen-bond acceptors (Lipinski definition) is 10. The first-order valence-electron chi connectivity index (χ1n) is 13.8. The second-order valence-corrected chi connectivity index (χ2v) is 12.6. The van der Waals surface area contributed by atoms with Gasteiger partial charge in [-0.3, -0.25) is 19.9 Å². The molecule has 230 valence electrons. The molecule has 4 aromatic rings. The number of amidine groups is 1. The Labute approximate surface area is 265 Å². The number of nitrogens with zero attached hydrogens (tertiary/aromatic N) is 5. The Kier molecular flexibility index (Phi) is 8.12. The summed E-state index contributed by atoms with van der Waals surface area (Å²) in [4.78, 5) is 49.2. The van der Waals surface area contributed by atoms with E-state index in [0.717, 1.165) is 27.8 Å². The molecule has 13 nitrogen and oxygen atoms in total. The van der Waals surface area contributed by atoms with Crippen molar-refractivity contribution in [1.29, 1.82) is 5.41 Å². The van der Waals surface area contributed by atoms with Crippen LogP contribution in [0.25, 0.3) is 10.9 Å². The molecule has 1 saturated heterocycles. The maximum Gasteiger partial charge on any atom is 0.352 e. The average Bonchev–Trinajstić information content (AvgIpc) is 3.63. The number of aliphatic carboxylic acids is 1. The van der Waals surface area contributed by atoms with E-state index in [1.165, 1.54) is 23.8 Å². The molecule has 0 bridgehead atoms. The van der Waals surface area contributed by atoms with Crippen molar-refractivity contribution in [1.82, 2.24) is 14.5 Å². The number of oxime groups is 1. The number of pyridine rings is 1. The van der Waals surface area contributed by atoms with E-state index in [2.05, 4.69) is 14.7 Å². The second kappa shape index (κ2) is 12.2. The van der Waals surface area contributed by atoms with Crippen LogP contribution in [-0.2, 0) is 32.3 Å². The molecule has 2 aliphatic heterocycles. The number of carboxylic acids is 1. The number of nitrogens with two attached hydrogens (primary N) is 2. The zero-order chi connectivity index (χ0) is 31.8. The number of amides is 1. The number of thioether (sulfide) groups is 1. The SMILES string of the molecule is CO/N=C(\C(=O)C[C@@H]1C(=O)N2C(C(=O)O)=C(C[n+]3ccc4ccn(Cc5ccc(C(=N)N)cc5)c4c3)CS[C@H]12)c1csc(N)n1. The predicted octanol–water partition coefficient (Wildman–Crippen LogP) is 2.18. The monoisotopic (exact) mass is 645 g/mol. The van der Waals surface area contributed by atoms with Crippen LogP contribution in [0.1, 0.15) is 23.2 Å². The fourth-order valence-corrected chi connectivity index (χ4v) is 7.53. The molecule has 1 fully saturated rings. The van der Waals surface area contributed by atoms with Crippen LogP contribution in [0.2, 0.25) is 0 Å². The van der Waals surface area contributed by atoms with Gasteiger partial charge in [-0.15, -0.1) is 23.1 Å². The van der Waals surface area contributed by atoms with Gasteiger partial charge in [-0.2, -0.15) is 4.57 Å². The third-order valence-electron chi connectivity index (χ3n) is 7.74. The van der Waals surface area contributed by atoms with Crippen molar-refractivity contribution in [2.45, 2.75) is 24.9 Å². The minimum Gasteiger partial charge on any atom is -0.477 e. The molecule has 15 heteroatoms. The van der Waals surface area contributed by atoms with E-state index in [1.54, 1.807) is 5.38 Å². The molecule has 0 unspecified atom stereocenters. The first kappa shape index (κ1) is 30.0. The number of anilines is 1. The van der Waals surface area contributed by atoms with Crippen molar-refractivity contribution in [3.8, 4) is 0 Å². The minimum absolute atomic E-state index is 0.0171. The van der Waals surface area contributed by atoms with Crippen LogP contribution in [0.3, 0.4) is 0 Å². The number of nitrogens with one attached hydrogen (secondary N) is 1. The van der Waals surface area contributed by atoms with Gasteiger partial charge >= 0.3 is 5.97 Å². The van der Waals surface area contributed by atoms with E-state index in [9.17, 15) is 19.5 Å². The third-order valence-corrected chi connectivity index (χ3v) is 9.81. The average molecular weight is 646 g/mol. The van der Waals surface area contributed by atoms with Crippen LogP contribution >= 0.6 is 23.1 Å². The Hall–Kier alpha value is -5.02. The molecule has 2 aliphatic rings. The highest BCUT2D eigenvalue weighted by atomic mass is 32.2. The summed E-state index contributed by atoms with van der Waals surface area (Å²) in [6.45, 7) is 0.875. The summed E-state index contributed by atoms with van der Waals surface area (Å²) in [6.07, 6.45) is 5.68. The zero-order valence-corrected chi connectivity index (χ0v) is 25.7. The Balaban J connectivity index is 1.20. The lowest BCUT2D eigenvalue weighted by Crippen LogP contribution is -2.62. The number of β-lactam (4-membered cyclic amide) rings is 1. The highest BCUT2D eigenvalue weighted by Crippen LogP contribution is 2.45. The fourth-order valence-electron chi connectivity index (χ4n) is 5.57. The van der Waals surface area contributed by atoms with E-state index in [0.29, 0.717) is 23.4 Å². The summed E-state index contributed by atoms with van der Waals surface area (Å²) in [5, 5.41) is 24.0. The van der Waals surface area contributed by atoms with E-state index in [4.69, 9.17) is 21.7 Å². The van der Waals surface area contributed by atoms with Crippen molar-refractivity contribution < 1.29 is 28.9 Å². The minimum atomic E-state index is -1.19. The number of aromatic nitrogens is 3. The Morgan fingerprint density at radius 2 is 2.02 bits per heavy atom. The second-order valence-electron chi connectivity index (χ2n) is 10.6. The van der Waals surface area contributed by atoms with Gasteiger partial charge < -0.3 is 26.0 Å². The summed E-state index contributed by atoms with van der Waals surface area (Å²) in [5.74, 6) is -2.34. The molecule has 6 rings (SSSR count). The van der Waals surface area contributed by atoms with Crippen LogP contribution in [0.15, 0.2) is 76.8 Å². The van der Waals surface area contributed by atoms with Crippen molar-refractivity contribution in [2.24, 2.45) is 16.8 Å². The smallest absolute Gasteiger partial charge is 0.352 e. The third kappa shape index (κ3) is 5.79. The fraction of sp³-hybridized carbons (Fsp3) is 0.233. The highest BCUT2D eigenvalue weighted by molar-refractivity contribution is 8.00. The molecule has 0 aliphatic carbocycles. The molecule has 0 spiro atoms. The summed E-state index contributed by atoms with van der Waals surface area (Å²) in [6, 6.07) is 11.5. The molecular weight excluding hydrogens is 617 g/mol. The van der Waals surface area contributed by atoms with E-state index in [-0.39, 0.29) is 41.0 Å². The molecule has 6 N–H and O–H groups in total. The number of nitrogen functional groups attached to an aromatic ring is 2. The van der Waals surface area contributed by atoms with Gasteiger partial charge in [-0.05, 0) is 11.6 Å². The van der Waals surface area contributed by atoms with Gasteiger partial charge in [-0.25, -0.2) is 9.78 Å². The van der Waals surface area contributed by atoms with Crippen molar-refractivity contribution in [2.75, 3.05) is 18.6 Å². The topological polar surface area (TPSA) is 194 Å². The number of ketones is 1. The first-order valence-corrected chi connectivity index (χ1v) is 15.7. The number of carbonyl (C=O) groups excluding carboxylic acids is 2. The largest absolute Gasteiger partial charge is 0.477 e. The van der Waals surface area contributed by atoms with Gasteiger partial charge in [-0.1, -0.05) is 29.4 Å². The van der Waals surface area contributed by atoms with Crippen LogP contribution in [0.4, 0.5) is 5.13 Å². The molecule has 1 aromatic carbocycles. The van der Waals surface area contributed by atoms with Crippen LogP contribution in [0, 0.1) is 11.3 Å². The molecular formula is C30H29N8O5S2+. The molecule has 0 saturated carbocycles. The van der Waals surface area contributed by atoms with E-state index < -0.39 is 29.0 Å². The van der Waals surface area contributed by atoms with Gasteiger partial charge in [0.25, 0.3) is 0 Å². The van der Waals surface area contributed by atoms with E-state index >= 15 is 0 Å². The molecule has 0 radical (unpaired) electrons. The number of thiazole rings is 1. The molecule has 45 heavy (non-hydrogen) atoms. The predicted molar refractivity (Wildman–Crippen MR) is 170 cm³/mol. The number of rotatable bonds is 11. The Morgan fingerprint density at radius 3 is 2.69 bits per heavy atom. The Morgan fingerprint density at radius 1 is 1.24 bits per heavy atom. The quantitative estimate of drug-likeness (QED) is 0.0622. The maximum atomic E-state index is 13.3. The lowest BCUT2D eigenvalue weighted by Gasteiger charge is -2.49. The van der Waals surface area contributed by atoms with Crippen molar-refractivity contribution >= 4 is 68.3 Å². The molecule has 2 atom stereocenters. The van der Waals surface area contributed by atoms with E-state index in [1.807, 2.05) is 59.6 Å². The van der Waals surface area contributed by atoms with Gasteiger partial charge in [0, 0.05) is 52.9 Å². The number of carboxylic acid groups (broad SMARTS) is 1. The van der Waals surface area contributed by atoms with Crippen LogP contribution < -0.4 is 16.0 Å². The van der Waals surface area contributed by atoms with Gasteiger partial charge in [0.05, 0.1) is 11.3 Å². The number of carbonyl (C=O) groups is 3. The number of hydrogen-bond donors (Lipinski definition) is 4. The lowest BCUT2D eigenvalue weighted by molar-refractivity contribution is -0.687. The lowest BCUT2D eigenvalue weighted by atomic mass is 9.89. The summed E-state index contributed by atoms with van der Waals surface area (Å²) in [7, 11) is 1.31. The standard InChI is InChI=1S/C30H28N8O5S2/c1-43-35-24(21-15-45-30(33)34-21)23(39)10-20-27(40)38-25(29(41)42)19(14-44-28(20)38)12-36-8-6-17-7-9-37(22(17)13-36)11-16-2-4-18(5-3-16)26(31)32/h2-9,13,15,20,28H,10-12,14H2,1H3,(H5-,31,32,33,34,41,42)/p+1/b35-24-/t20-,28-/m1/s1. The van der Waals surface area contributed by atoms with Gasteiger partial charge in [0.15, 0.2) is 35.6 Å². The first-order chi connectivity index (χ1) is 21.6. The summed E-state index contributed by atoms with van der Waals surface area (Å²) in [5.41, 5.74) is 14.7. The highest BCUT2D eigenvalue weighted by Gasteiger charge is 2.54. The molecule has 1 amide bonds. The number of benzene rings is 1. The van der Waals surface area contributed by atoms with Gasteiger partial charge in [0.1, 0.15) is 29.9 Å². The zero-order valence-electron chi connectivity index (χ0n) is 24.0. The maximum absolute atomic E-state index is 13.3. The summed E-state index contributed by atoms with van der Waals surface area (Å²) < 4.78 is 4.00. The molecule has 5 heterocycles.